The highest BCUT2D eigenvalue weighted by Crippen LogP contribution is 2.60. The second-order valence-corrected chi connectivity index (χ2v) is 21.9. The summed E-state index contributed by atoms with van der Waals surface area (Å²) in [6.45, 7) is 4.10. The summed E-state index contributed by atoms with van der Waals surface area (Å²) >= 11 is 0. The van der Waals surface area contributed by atoms with Gasteiger partial charge in [0.05, 0.1) is 25.4 Å². The van der Waals surface area contributed by atoms with Crippen molar-refractivity contribution in [2.45, 2.75) is 198 Å². The third kappa shape index (κ3) is 33.1. The molecule has 0 radical (unpaired) electrons. The quantitative estimate of drug-likeness (QED) is 0.0105. The van der Waals surface area contributed by atoms with Crippen molar-refractivity contribution in [1.29, 1.82) is 0 Å². The Morgan fingerprint density at radius 2 is 1.31 bits per heavy atom. The molecule has 20 nitrogen and oxygen atoms in total. The summed E-state index contributed by atoms with van der Waals surface area (Å²) in [6.07, 6.45) is 32.0. The van der Waals surface area contributed by atoms with Gasteiger partial charge in [0.2, 0.25) is 0 Å². The molecule has 1 aromatic heterocycles. The van der Waals surface area contributed by atoms with Gasteiger partial charge in [-0.05, 0) is 50.5 Å². The zero-order chi connectivity index (χ0) is 55.3. The molecule has 0 aliphatic carbocycles. The van der Waals surface area contributed by atoms with Gasteiger partial charge in [0.15, 0.2) is 12.3 Å². The van der Waals surface area contributed by atoms with Crippen LogP contribution in [0.3, 0.4) is 0 Å². The lowest BCUT2D eigenvalue weighted by Crippen LogP contribution is -2.36. The van der Waals surface area contributed by atoms with E-state index in [9.17, 15) is 53.7 Å². The number of carbonyl (C=O) groups excluding carboxylic acids is 2. The van der Waals surface area contributed by atoms with Crippen molar-refractivity contribution in [2.75, 3.05) is 25.6 Å². The maximum Gasteiger partial charge on any atom is 0.481 e. The van der Waals surface area contributed by atoms with Crippen LogP contribution in [0.4, 0.5) is 5.82 Å². The summed E-state index contributed by atoms with van der Waals surface area (Å²) in [5, 5.41) is 41.0. The van der Waals surface area contributed by atoms with Gasteiger partial charge < -0.3 is 50.2 Å². The summed E-state index contributed by atoms with van der Waals surface area (Å²) in [6, 6.07) is 1.24. The van der Waals surface area contributed by atoms with Gasteiger partial charge >= 0.3 is 33.3 Å². The minimum absolute atomic E-state index is 0.0109. The summed E-state index contributed by atoms with van der Waals surface area (Å²) in [4.78, 5) is 62.0. The molecule has 0 saturated carbocycles. The fraction of sp³-hybridized carbons (Fsp3) is 0.660. The number of hydrogen-bond donors (Lipinski definition) is 7. The molecule has 8 N–H and O–H groups in total. The summed E-state index contributed by atoms with van der Waals surface area (Å²) in [7, 11) is -10.9. The molecule has 2 unspecified atom stereocenters. The number of aliphatic hydroxyl groups excluding tert-OH is 4. The monoisotopic (exact) mass is 1100 g/mol. The fourth-order valence-electron chi connectivity index (χ4n) is 7.52. The second kappa shape index (κ2) is 39.5. The van der Waals surface area contributed by atoms with Crippen molar-refractivity contribution >= 4 is 33.4 Å². The maximum atomic E-state index is 12.9. The van der Waals surface area contributed by atoms with Crippen LogP contribution >= 0.6 is 15.6 Å². The van der Waals surface area contributed by atoms with Gasteiger partial charge in [-0.25, -0.2) is 13.9 Å². The Morgan fingerprint density at radius 3 is 1.89 bits per heavy atom. The van der Waals surface area contributed by atoms with E-state index in [1.165, 1.54) is 63.9 Å². The Balaban J connectivity index is 1.84. The number of aliphatic hydroxyl groups is 4. The molecule has 1 aromatic rings. The third-order valence-corrected chi connectivity index (χ3v) is 14.3. The van der Waals surface area contributed by atoms with Crippen LogP contribution in [-0.2, 0) is 46.3 Å². The average molecular weight is 1100 g/mol. The number of allylic oxidation sites excluding steroid dienone is 8. The molecule has 2 heterocycles. The standard InChI is InChI=1S/C53H87N3O17P2/c1-4-5-23-31-43(57)33-26-21-22-27-34-44(58)32-25-18-15-16-19-28-35-48(59)68-39-45(71-49(60)36-29-20-14-12-10-8-6-7-9-11-13-17-24-30-42(2)3)40-69-74(64,65)73-75(66,67)70-41-46-50(61)51(62)52(72-46)56-38-37-47(54)55-53(56)63/h5,16,18-19,21-23,25-27,33-34,37-38,42-46,50-52,57-58,61-62H,4,6-15,17,20,24,28-32,35-36,39-41H2,1-3H3,(H,64,65)(H,66,67)(H2,54,55,63)/b19-16-,22-21-,23-5-,25-18-,33-26+,34-27+/t43-,44+,45-,46-,50-,51-,52-/m1/s1. The molecule has 22 heteroatoms. The first-order valence-corrected chi connectivity index (χ1v) is 29.5. The molecule has 75 heavy (non-hydrogen) atoms. The van der Waals surface area contributed by atoms with Crippen LogP contribution < -0.4 is 11.4 Å². The molecule has 0 bridgehead atoms. The lowest BCUT2D eigenvalue weighted by molar-refractivity contribution is -0.161. The molecule has 0 aromatic carbocycles. The number of nitrogens with zero attached hydrogens (tertiary/aromatic N) is 2. The Morgan fingerprint density at radius 1 is 0.747 bits per heavy atom. The molecule has 9 atom stereocenters. The number of phosphoric acid groups is 2. The second-order valence-electron chi connectivity index (χ2n) is 18.9. The van der Waals surface area contributed by atoms with Crippen molar-refractivity contribution in [3.05, 3.63) is 95.7 Å². The number of nitrogen functional groups attached to an aromatic ring is 1. The molecule has 1 aliphatic heterocycles. The number of ether oxygens (including phenoxy) is 3. The SMILES string of the molecule is CC/C=C\C[C@@H](O)/C=C/C=C\C=C\[C@@H](O)C/C=C\C/C=C\CCC(=O)OC[C@H](COP(=O)(O)OP(=O)(O)OC[C@H]1O[C@@H](n2ccc(N)nc2=O)[C@H](O)[C@@H]1O)OC(=O)CCCCCCCCCCCCCCCC(C)C. The fourth-order valence-corrected chi connectivity index (χ4v) is 9.63. The molecular weight excluding hydrogens is 1010 g/mol. The van der Waals surface area contributed by atoms with E-state index >= 15 is 0 Å². The molecule has 1 saturated heterocycles. The van der Waals surface area contributed by atoms with Crippen molar-refractivity contribution in [2.24, 2.45) is 5.92 Å². The zero-order valence-corrected chi connectivity index (χ0v) is 46.0. The van der Waals surface area contributed by atoms with E-state index < -0.39 is 95.9 Å². The van der Waals surface area contributed by atoms with Gasteiger partial charge in [-0.3, -0.25) is 23.2 Å². The van der Waals surface area contributed by atoms with Gasteiger partial charge in [-0.2, -0.15) is 9.29 Å². The lowest BCUT2D eigenvalue weighted by Gasteiger charge is -2.21. The number of nitrogens with two attached hydrogens (primary N) is 1. The third-order valence-electron chi connectivity index (χ3n) is 11.7. The Hall–Kier alpha value is -3.88. The van der Waals surface area contributed by atoms with Crippen LogP contribution in [0.5, 0.6) is 0 Å². The molecular formula is C53H87N3O17P2. The van der Waals surface area contributed by atoms with E-state index in [4.69, 9.17) is 29.0 Å². The van der Waals surface area contributed by atoms with Crippen molar-refractivity contribution in [3.63, 3.8) is 0 Å². The molecule has 2 rings (SSSR count). The van der Waals surface area contributed by atoms with Crippen molar-refractivity contribution in [3.8, 4) is 0 Å². The van der Waals surface area contributed by atoms with Gasteiger partial charge in [0.25, 0.3) is 0 Å². The van der Waals surface area contributed by atoms with Crippen molar-refractivity contribution < 1.29 is 76.5 Å². The van der Waals surface area contributed by atoms with E-state index in [2.05, 4.69) is 23.1 Å². The van der Waals surface area contributed by atoms with Crippen LogP contribution in [0.15, 0.2) is 90.0 Å². The number of esters is 2. The predicted molar refractivity (Wildman–Crippen MR) is 287 cm³/mol. The van der Waals surface area contributed by atoms with Gasteiger partial charge in [-0.15, -0.1) is 0 Å². The largest absolute Gasteiger partial charge is 0.481 e. The van der Waals surface area contributed by atoms with E-state index in [0.717, 1.165) is 48.8 Å². The molecule has 0 spiro atoms. The number of unbranched alkanes of at least 4 members (excludes halogenated alkanes) is 12. The van der Waals surface area contributed by atoms with E-state index in [-0.39, 0.29) is 18.7 Å². The topological polar surface area (TPSA) is 306 Å². The van der Waals surface area contributed by atoms with Crippen LogP contribution in [0.1, 0.15) is 162 Å². The van der Waals surface area contributed by atoms with Gasteiger partial charge in [0, 0.05) is 19.0 Å². The molecule has 0 amide bonds. The number of aromatic nitrogens is 2. The van der Waals surface area contributed by atoms with Gasteiger partial charge in [0.1, 0.15) is 30.7 Å². The van der Waals surface area contributed by atoms with Crippen LogP contribution in [0.2, 0.25) is 0 Å². The Labute approximate surface area is 443 Å². The first kappa shape index (κ1) is 67.2. The summed E-state index contributed by atoms with van der Waals surface area (Å²) in [5.41, 5.74) is 4.57. The highest BCUT2D eigenvalue weighted by Gasteiger charge is 2.46. The summed E-state index contributed by atoms with van der Waals surface area (Å²) < 4.78 is 56.7. The first-order chi connectivity index (χ1) is 35.8. The smallest absolute Gasteiger partial charge is 0.462 e. The van der Waals surface area contributed by atoms with Crippen LogP contribution in [0, 0.1) is 5.92 Å². The number of anilines is 1. The van der Waals surface area contributed by atoms with Gasteiger partial charge in [-0.1, -0.05) is 177 Å². The number of phosphoric ester groups is 2. The highest BCUT2D eigenvalue weighted by atomic mass is 31.3. The Bertz CT molecular complexity index is 2090. The first-order valence-electron chi connectivity index (χ1n) is 26.5. The average Bonchev–Trinajstić information content (AvgIpc) is 3.63. The van der Waals surface area contributed by atoms with E-state index in [1.54, 1.807) is 42.5 Å². The highest BCUT2D eigenvalue weighted by molar-refractivity contribution is 7.61. The lowest BCUT2D eigenvalue weighted by atomic mass is 10.0. The predicted octanol–water partition coefficient (Wildman–Crippen LogP) is 9.08. The van der Waals surface area contributed by atoms with Crippen LogP contribution in [-0.4, -0.2) is 108 Å². The van der Waals surface area contributed by atoms with E-state index in [1.807, 2.05) is 37.3 Å². The molecule has 1 aliphatic rings. The number of rotatable bonds is 42. The maximum absolute atomic E-state index is 12.9. The Kier molecular flexibility index (Phi) is 35.4. The van der Waals surface area contributed by atoms with E-state index in [0.29, 0.717) is 32.1 Å². The minimum Gasteiger partial charge on any atom is -0.462 e. The van der Waals surface area contributed by atoms with Crippen molar-refractivity contribution in [1.82, 2.24) is 9.55 Å². The van der Waals surface area contributed by atoms with Crippen LogP contribution in [0.25, 0.3) is 0 Å². The summed E-state index contributed by atoms with van der Waals surface area (Å²) in [5.74, 6) is -0.705. The normalized spacial score (nSPS) is 20.3. The molecule has 1 fully saturated rings. The molecule has 426 valence electrons. The number of carbonyl (C=O) groups is 2. The minimum atomic E-state index is -5.46. The number of hydrogen-bond acceptors (Lipinski definition) is 17. The zero-order valence-electron chi connectivity index (χ0n) is 44.2.